The fourth-order valence-corrected chi connectivity index (χ4v) is 3.79. The average molecular weight is 288 g/mol. The summed E-state index contributed by atoms with van der Waals surface area (Å²) in [7, 11) is 1.43. The molecular weight excluding hydrogens is 264 g/mol. The molecule has 0 amide bonds. The van der Waals surface area contributed by atoms with Gasteiger partial charge >= 0.3 is 5.97 Å². The van der Waals surface area contributed by atoms with E-state index in [2.05, 4.69) is 19.6 Å². The predicted octanol–water partition coefficient (Wildman–Crippen LogP) is 3.47. The van der Waals surface area contributed by atoms with Gasteiger partial charge in [-0.05, 0) is 43.1 Å². The maximum absolute atomic E-state index is 12.3. The number of ether oxygens (including phenoxy) is 1. The second-order valence-electron chi connectivity index (χ2n) is 5.90. The van der Waals surface area contributed by atoms with Crippen molar-refractivity contribution in [1.29, 1.82) is 0 Å². The van der Waals surface area contributed by atoms with Crippen molar-refractivity contribution in [1.82, 2.24) is 0 Å². The largest absolute Gasteiger partial charge is 0.469 e. The van der Waals surface area contributed by atoms with Crippen molar-refractivity contribution in [2.24, 2.45) is 23.7 Å². The maximum atomic E-state index is 12.3. The third-order valence-electron chi connectivity index (χ3n) is 4.89. The molecule has 3 heteroatoms. The first-order valence-electron chi connectivity index (χ1n) is 7.71. The van der Waals surface area contributed by atoms with Crippen LogP contribution in [0.1, 0.15) is 32.6 Å². The second kappa shape index (κ2) is 6.88. The molecule has 0 spiro atoms. The average Bonchev–Trinajstić information content (AvgIpc) is 2.75. The lowest BCUT2D eigenvalue weighted by Crippen LogP contribution is -2.33. The van der Waals surface area contributed by atoms with Crippen molar-refractivity contribution in [2.75, 3.05) is 7.11 Å². The highest BCUT2D eigenvalue weighted by atomic mass is 16.5. The van der Waals surface area contributed by atoms with Crippen LogP contribution in [-0.4, -0.2) is 18.9 Å². The van der Waals surface area contributed by atoms with Gasteiger partial charge in [-0.15, -0.1) is 6.58 Å². The number of esters is 1. The van der Waals surface area contributed by atoms with Crippen molar-refractivity contribution in [2.45, 2.75) is 32.6 Å². The molecule has 3 nitrogen and oxygen atoms in total. The van der Waals surface area contributed by atoms with Gasteiger partial charge < -0.3 is 4.74 Å². The van der Waals surface area contributed by atoms with Gasteiger partial charge in [0, 0.05) is 6.42 Å². The Morgan fingerprint density at radius 3 is 2.81 bits per heavy atom. The van der Waals surface area contributed by atoms with Gasteiger partial charge in [0.25, 0.3) is 0 Å². The van der Waals surface area contributed by atoms with Gasteiger partial charge in [-0.25, -0.2) is 0 Å². The van der Waals surface area contributed by atoms with E-state index in [-0.39, 0.29) is 29.5 Å². The third-order valence-corrected chi connectivity index (χ3v) is 4.89. The summed E-state index contributed by atoms with van der Waals surface area (Å²) < 4.78 is 5.03. The number of carbonyl (C=O) groups excluding carboxylic acids is 2. The number of carbonyl (C=O) groups is 2. The number of rotatable bonds is 3. The van der Waals surface area contributed by atoms with Crippen molar-refractivity contribution in [3.8, 4) is 0 Å². The first kappa shape index (κ1) is 15.7. The fraction of sp³-hybridized carbons (Fsp3) is 0.556. The first-order chi connectivity index (χ1) is 10.1. The van der Waals surface area contributed by atoms with Crippen molar-refractivity contribution >= 4 is 11.8 Å². The van der Waals surface area contributed by atoms with Crippen LogP contribution in [0.5, 0.6) is 0 Å². The lowest BCUT2D eigenvalue weighted by molar-refractivity contribution is -0.147. The molecule has 0 bridgehead atoms. The molecule has 2 aliphatic carbocycles. The van der Waals surface area contributed by atoms with Gasteiger partial charge in [0.15, 0.2) is 5.78 Å². The highest BCUT2D eigenvalue weighted by Gasteiger charge is 2.42. The molecule has 0 aliphatic heterocycles. The van der Waals surface area contributed by atoms with Crippen molar-refractivity contribution in [3.63, 3.8) is 0 Å². The van der Waals surface area contributed by atoms with Crippen LogP contribution in [-0.2, 0) is 14.3 Å². The van der Waals surface area contributed by atoms with Crippen LogP contribution in [0, 0.1) is 23.7 Å². The van der Waals surface area contributed by atoms with E-state index in [1.165, 1.54) is 7.11 Å². The molecule has 21 heavy (non-hydrogen) atoms. The molecule has 0 N–H and O–H groups in total. The molecule has 0 saturated carbocycles. The standard InChI is InChI=1S/C18H24O3/c1-4-12-9-10-13(5-2)17(18(20)21-3)16-11-14(19)7-6-8-15(12)16/h4,6-7,10,12,15-17H,1,5,8-9,11H2,2-3H3. The van der Waals surface area contributed by atoms with E-state index in [0.29, 0.717) is 12.3 Å². The van der Waals surface area contributed by atoms with E-state index in [1.54, 1.807) is 6.08 Å². The molecule has 2 rings (SSSR count). The molecule has 0 saturated heterocycles. The van der Waals surface area contributed by atoms with Gasteiger partial charge in [-0.2, -0.15) is 0 Å². The Balaban J connectivity index is 2.45. The van der Waals surface area contributed by atoms with E-state index in [9.17, 15) is 9.59 Å². The Bertz CT molecular complexity index is 487. The zero-order chi connectivity index (χ0) is 15.4. The quantitative estimate of drug-likeness (QED) is 0.590. The minimum atomic E-state index is -0.293. The Morgan fingerprint density at radius 2 is 2.19 bits per heavy atom. The Hall–Kier alpha value is -1.64. The highest BCUT2D eigenvalue weighted by molar-refractivity contribution is 5.90. The van der Waals surface area contributed by atoms with Gasteiger partial charge in [0.1, 0.15) is 0 Å². The molecule has 0 aromatic rings. The fourth-order valence-electron chi connectivity index (χ4n) is 3.79. The summed E-state index contributed by atoms with van der Waals surface area (Å²) in [6.45, 7) is 6.01. The molecule has 0 fully saturated rings. The van der Waals surface area contributed by atoms with Crippen LogP contribution < -0.4 is 0 Å². The molecule has 0 aromatic carbocycles. The number of fused-ring (bicyclic) bond motifs is 1. The summed E-state index contributed by atoms with van der Waals surface area (Å²) in [5.74, 6) is 0.195. The minimum Gasteiger partial charge on any atom is -0.469 e. The van der Waals surface area contributed by atoms with Crippen LogP contribution in [0.25, 0.3) is 0 Å². The maximum Gasteiger partial charge on any atom is 0.313 e. The van der Waals surface area contributed by atoms with Crippen molar-refractivity contribution in [3.05, 3.63) is 36.5 Å². The minimum absolute atomic E-state index is 0.0108. The summed E-state index contributed by atoms with van der Waals surface area (Å²) in [4.78, 5) is 24.3. The molecule has 114 valence electrons. The molecule has 2 aliphatic rings. The van der Waals surface area contributed by atoms with Crippen molar-refractivity contribution < 1.29 is 14.3 Å². The number of methoxy groups -OCH3 is 1. The van der Waals surface area contributed by atoms with Gasteiger partial charge in [-0.1, -0.05) is 30.7 Å². The molecule has 0 aromatic heterocycles. The Morgan fingerprint density at radius 1 is 1.43 bits per heavy atom. The Labute approximate surface area is 126 Å². The summed E-state index contributed by atoms with van der Waals surface area (Å²) in [6.07, 6.45) is 10.7. The lowest BCUT2D eigenvalue weighted by Gasteiger charge is -2.32. The van der Waals surface area contributed by atoms with Crippen LogP contribution >= 0.6 is 0 Å². The summed E-state index contributed by atoms with van der Waals surface area (Å²) in [5, 5.41) is 0. The van der Waals surface area contributed by atoms with Crippen LogP contribution in [0.15, 0.2) is 36.5 Å². The van der Waals surface area contributed by atoms with E-state index in [4.69, 9.17) is 4.74 Å². The normalized spacial score (nSPS) is 32.5. The van der Waals surface area contributed by atoms with Crippen LogP contribution in [0.3, 0.4) is 0 Å². The topological polar surface area (TPSA) is 43.4 Å². The van der Waals surface area contributed by atoms with E-state index < -0.39 is 0 Å². The molecular formula is C18H24O3. The van der Waals surface area contributed by atoms with Crippen LogP contribution in [0.2, 0.25) is 0 Å². The third kappa shape index (κ3) is 3.17. The van der Waals surface area contributed by atoms with Gasteiger partial charge in [0.05, 0.1) is 13.0 Å². The Kier molecular flexibility index (Phi) is 5.16. The molecule has 4 unspecified atom stereocenters. The van der Waals surface area contributed by atoms with Gasteiger partial charge in [0.2, 0.25) is 0 Å². The number of ketones is 1. The highest BCUT2D eigenvalue weighted by Crippen LogP contribution is 2.44. The lowest BCUT2D eigenvalue weighted by atomic mass is 9.71. The van der Waals surface area contributed by atoms with E-state index in [0.717, 1.165) is 24.8 Å². The number of allylic oxidation sites excluding steroid dienone is 4. The van der Waals surface area contributed by atoms with E-state index >= 15 is 0 Å². The number of hydrogen-bond acceptors (Lipinski definition) is 3. The molecule has 4 atom stereocenters. The molecule has 0 radical (unpaired) electrons. The van der Waals surface area contributed by atoms with E-state index in [1.807, 2.05) is 12.2 Å². The smallest absolute Gasteiger partial charge is 0.313 e. The van der Waals surface area contributed by atoms with Crippen LogP contribution in [0.4, 0.5) is 0 Å². The summed E-state index contributed by atoms with van der Waals surface area (Å²) >= 11 is 0. The monoisotopic (exact) mass is 288 g/mol. The zero-order valence-corrected chi connectivity index (χ0v) is 12.9. The predicted molar refractivity (Wildman–Crippen MR) is 82.5 cm³/mol. The van der Waals surface area contributed by atoms with Gasteiger partial charge in [-0.3, -0.25) is 9.59 Å². The number of hydrogen-bond donors (Lipinski definition) is 0. The molecule has 0 heterocycles. The SMILES string of the molecule is C=CC1CC=C(CC)C(C(=O)OC)C2CC(=O)C=CCC12. The first-order valence-corrected chi connectivity index (χ1v) is 7.71. The second-order valence-corrected chi connectivity index (χ2v) is 5.90. The zero-order valence-electron chi connectivity index (χ0n) is 12.9. The summed E-state index contributed by atoms with van der Waals surface area (Å²) in [5.41, 5.74) is 1.11. The summed E-state index contributed by atoms with van der Waals surface area (Å²) in [6, 6.07) is 0.